The maximum atomic E-state index is 12.9. The standard InChI is InChI=1S/C9H6F3N3S/c10-5-1-4(2-6(11)8(5)12)15-9-14-3-7(13)16-9/h1-3H,13H2,(H,14,15). The second-order valence-corrected chi connectivity index (χ2v) is 4.01. The van der Waals surface area contributed by atoms with Crippen LogP contribution in [0.25, 0.3) is 0 Å². The molecule has 0 radical (unpaired) electrons. The number of thiazole rings is 1. The van der Waals surface area contributed by atoms with Crippen LogP contribution in [-0.4, -0.2) is 4.98 Å². The number of benzene rings is 1. The third-order valence-corrected chi connectivity index (χ3v) is 2.50. The molecule has 2 aromatic rings. The van der Waals surface area contributed by atoms with E-state index in [1.807, 2.05) is 0 Å². The molecule has 0 aliphatic heterocycles. The zero-order chi connectivity index (χ0) is 11.7. The van der Waals surface area contributed by atoms with Gasteiger partial charge in [-0.05, 0) is 0 Å². The van der Waals surface area contributed by atoms with E-state index in [0.717, 1.165) is 23.5 Å². The zero-order valence-electron chi connectivity index (χ0n) is 7.80. The van der Waals surface area contributed by atoms with Crippen molar-refractivity contribution in [2.24, 2.45) is 0 Å². The van der Waals surface area contributed by atoms with Crippen molar-refractivity contribution in [2.45, 2.75) is 0 Å². The van der Waals surface area contributed by atoms with E-state index in [9.17, 15) is 13.2 Å². The van der Waals surface area contributed by atoms with Gasteiger partial charge in [0.2, 0.25) is 0 Å². The summed E-state index contributed by atoms with van der Waals surface area (Å²) in [6.45, 7) is 0. The van der Waals surface area contributed by atoms with Crippen LogP contribution in [-0.2, 0) is 0 Å². The number of nitrogens with one attached hydrogen (secondary N) is 1. The molecule has 0 saturated heterocycles. The number of nitrogen functional groups attached to an aromatic ring is 1. The fourth-order valence-electron chi connectivity index (χ4n) is 1.10. The Labute approximate surface area is 92.7 Å². The molecule has 2 rings (SSSR count). The van der Waals surface area contributed by atoms with Gasteiger partial charge in [0.25, 0.3) is 0 Å². The van der Waals surface area contributed by atoms with Crippen LogP contribution < -0.4 is 11.1 Å². The molecule has 0 amide bonds. The van der Waals surface area contributed by atoms with Crippen LogP contribution in [0.5, 0.6) is 0 Å². The van der Waals surface area contributed by atoms with Crippen LogP contribution in [0.4, 0.5) is 29.0 Å². The van der Waals surface area contributed by atoms with E-state index in [1.54, 1.807) is 0 Å². The SMILES string of the molecule is Nc1cnc(Nc2cc(F)c(F)c(F)c2)s1. The number of hydrogen-bond donors (Lipinski definition) is 2. The second kappa shape index (κ2) is 4.01. The highest BCUT2D eigenvalue weighted by atomic mass is 32.1. The monoisotopic (exact) mass is 245 g/mol. The third kappa shape index (κ3) is 2.08. The molecule has 1 aromatic heterocycles. The summed E-state index contributed by atoms with van der Waals surface area (Å²) >= 11 is 1.12. The average Bonchev–Trinajstić information content (AvgIpc) is 2.60. The van der Waals surface area contributed by atoms with Gasteiger partial charge < -0.3 is 11.1 Å². The van der Waals surface area contributed by atoms with E-state index in [0.29, 0.717) is 10.1 Å². The number of nitrogens with two attached hydrogens (primary N) is 1. The summed E-state index contributed by atoms with van der Waals surface area (Å²) in [4.78, 5) is 3.84. The summed E-state index contributed by atoms with van der Waals surface area (Å²) in [5, 5.41) is 3.46. The minimum absolute atomic E-state index is 0.0748. The van der Waals surface area contributed by atoms with Crippen molar-refractivity contribution >= 4 is 27.2 Å². The van der Waals surface area contributed by atoms with Gasteiger partial charge in [0, 0.05) is 17.8 Å². The van der Waals surface area contributed by atoms with Crippen LogP contribution in [0, 0.1) is 17.5 Å². The quantitative estimate of drug-likeness (QED) is 0.800. The van der Waals surface area contributed by atoms with Crippen LogP contribution in [0.2, 0.25) is 0 Å². The topological polar surface area (TPSA) is 50.9 Å². The van der Waals surface area contributed by atoms with Crippen molar-refractivity contribution in [3.63, 3.8) is 0 Å². The Balaban J connectivity index is 2.28. The highest BCUT2D eigenvalue weighted by Crippen LogP contribution is 2.25. The molecular weight excluding hydrogens is 239 g/mol. The van der Waals surface area contributed by atoms with Crippen LogP contribution in [0.1, 0.15) is 0 Å². The molecule has 0 aliphatic carbocycles. The van der Waals surface area contributed by atoms with Crippen molar-refractivity contribution < 1.29 is 13.2 Å². The molecule has 0 saturated carbocycles. The molecule has 0 fully saturated rings. The minimum Gasteiger partial charge on any atom is -0.389 e. The molecule has 0 bridgehead atoms. The maximum Gasteiger partial charge on any atom is 0.194 e. The predicted octanol–water partition coefficient (Wildman–Crippen LogP) is 2.89. The van der Waals surface area contributed by atoms with Gasteiger partial charge in [0.05, 0.1) is 6.20 Å². The lowest BCUT2D eigenvalue weighted by atomic mass is 10.3. The van der Waals surface area contributed by atoms with E-state index in [4.69, 9.17) is 5.73 Å². The normalized spacial score (nSPS) is 10.4. The molecule has 0 atom stereocenters. The van der Waals surface area contributed by atoms with Gasteiger partial charge in [-0.1, -0.05) is 11.3 Å². The summed E-state index contributed by atoms with van der Waals surface area (Å²) in [6, 6.07) is 1.69. The van der Waals surface area contributed by atoms with Gasteiger partial charge in [-0.3, -0.25) is 0 Å². The molecule has 0 aliphatic rings. The number of halogens is 3. The summed E-state index contributed by atoms with van der Waals surface area (Å²) in [5.74, 6) is -4.01. The van der Waals surface area contributed by atoms with E-state index in [-0.39, 0.29) is 5.69 Å². The number of hydrogen-bond acceptors (Lipinski definition) is 4. The molecule has 0 unspecified atom stereocenters. The zero-order valence-corrected chi connectivity index (χ0v) is 8.62. The summed E-state index contributed by atoms with van der Waals surface area (Å²) in [6.07, 6.45) is 1.41. The van der Waals surface area contributed by atoms with Gasteiger partial charge in [-0.15, -0.1) is 0 Å². The van der Waals surface area contributed by atoms with Crippen LogP contribution in [0.3, 0.4) is 0 Å². The molecule has 1 heterocycles. The number of nitrogens with zero attached hydrogens (tertiary/aromatic N) is 1. The lowest BCUT2D eigenvalue weighted by Gasteiger charge is -2.03. The largest absolute Gasteiger partial charge is 0.389 e. The lowest BCUT2D eigenvalue weighted by Crippen LogP contribution is -1.95. The fourth-order valence-corrected chi connectivity index (χ4v) is 1.70. The molecular formula is C9H6F3N3S. The molecule has 3 N–H and O–H groups in total. The van der Waals surface area contributed by atoms with Crippen molar-refractivity contribution in [2.75, 3.05) is 11.1 Å². The first-order valence-corrected chi connectivity index (χ1v) is 5.01. The Kier molecular flexibility index (Phi) is 2.69. The molecule has 1 aromatic carbocycles. The third-order valence-electron chi connectivity index (χ3n) is 1.76. The first-order chi connectivity index (χ1) is 7.56. The average molecular weight is 245 g/mol. The van der Waals surface area contributed by atoms with Gasteiger partial charge in [-0.2, -0.15) is 0 Å². The molecule has 3 nitrogen and oxygen atoms in total. The molecule has 0 spiro atoms. The Bertz CT molecular complexity index is 503. The lowest BCUT2D eigenvalue weighted by molar-refractivity contribution is 0.448. The minimum atomic E-state index is -1.50. The first-order valence-electron chi connectivity index (χ1n) is 4.19. The highest BCUT2D eigenvalue weighted by Gasteiger charge is 2.11. The molecule has 7 heteroatoms. The van der Waals surface area contributed by atoms with Gasteiger partial charge in [0.15, 0.2) is 22.6 Å². The maximum absolute atomic E-state index is 12.9. The fraction of sp³-hybridized carbons (Fsp3) is 0. The predicted molar refractivity (Wildman–Crippen MR) is 56.1 cm³/mol. The van der Waals surface area contributed by atoms with Crippen LogP contribution >= 0.6 is 11.3 Å². The van der Waals surface area contributed by atoms with Gasteiger partial charge in [0.1, 0.15) is 5.00 Å². The molecule has 84 valence electrons. The summed E-state index contributed by atoms with van der Waals surface area (Å²) in [5.41, 5.74) is 5.50. The Morgan fingerprint density at radius 2 is 1.81 bits per heavy atom. The first kappa shape index (κ1) is 10.7. The van der Waals surface area contributed by atoms with Crippen molar-refractivity contribution in [3.05, 3.63) is 35.8 Å². The van der Waals surface area contributed by atoms with Gasteiger partial charge in [-0.25, -0.2) is 18.2 Å². The van der Waals surface area contributed by atoms with E-state index < -0.39 is 17.5 Å². The Morgan fingerprint density at radius 1 is 1.19 bits per heavy atom. The van der Waals surface area contributed by atoms with Crippen LogP contribution in [0.15, 0.2) is 18.3 Å². The van der Waals surface area contributed by atoms with Crippen molar-refractivity contribution in [1.82, 2.24) is 4.98 Å². The molecule has 16 heavy (non-hydrogen) atoms. The number of anilines is 3. The van der Waals surface area contributed by atoms with Crippen molar-refractivity contribution in [3.8, 4) is 0 Å². The highest BCUT2D eigenvalue weighted by molar-refractivity contribution is 7.19. The smallest absolute Gasteiger partial charge is 0.194 e. The Morgan fingerprint density at radius 3 is 2.31 bits per heavy atom. The van der Waals surface area contributed by atoms with E-state index >= 15 is 0 Å². The Hall–Kier alpha value is -1.76. The van der Waals surface area contributed by atoms with E-state index in [1.165, 1.54) is 6.20 Å². The van der Waals surface area contributed by atoms with Gasteiger partial charge >= 0.3 is 0 Å². The van der Waals surface area contributed by atoms with Crippen molar-refractivity contribution in [1.29, 1.82) is 0 Å². The summed E-state index contributed by atoms with van der Waals surface area (Å²) in [7, 11) is 0. The van der Waals surface area contributed by atoms with E-state index in [2.05, 4.69) is 10.3 Å². The number of aromatic nitrogens is 1. The second-order valence-electron chi connectivity index (χ2n) is 2.95. The summed E-state index contributed by atoms with van der Waals surface area (Å²) < 4.78 is 38.3. The number of rotatable bonds is 2.